The van der Waals surface area contributed by atoms with Crippen LogP contribution in [0.3, 0.4) is 0 Å². The van der Waals surface area contributed by atoms with Gasteiger partial charge in [-0.15, -0.1) is 24.8 Å². The van der Waals surface area contributed by atoms with Gasteiger partial charge in [0.2, 0.25) is 0 Å². The summed E-state index contributed by atoms with van der Waals surface area (Å²) in [5, 5.41) is 2.96. The average Bonchev–Trinajstić information content (AvgIpc) is 3.43. The Morgan fingerprint density at radius 3 is 2.54 bits per heavy atom. The molecule has 1 amide bonds. The molecule has 0 aromatic carbocycles. The highest BCUT2D eigenvalue weighted by Crippen LogP contribution is 2.31. The summed E-state index contributed by atoms with van der Waals surface area (Å²) in [5.41, 5.74) is 6.04. The van der Waals surface area contributed by atoms with Gasteiger partial charge in [0.15, 0.2) is 5.65 Å². The number of aromatic nitrogens is 3. The number of fused-ring (bicyclic) bond motifs is 1. The van der Waals surface area contributed by atoms with Crippen LogP contribution in [-0.4, -0.2) is 33.0 Å². The van der Waals surface area contributed by atoms with Crippen LogP contribution >= 0.6 is 24.8 Å². The van der Waals surface area contributed by atoms with E-state index in [1.165, 1.54) is 4.57 Å². The molecule has 1 aliphatic rings. The fourth-order valence-electron chi connectivity index (χ4n) is 3.06. The number of nitrogens with two attached hydrogens (primary N) is 1. The minimum absolute atomic E-state index is 0. The summed E-state index contributed by atoms with van der Waals surface area (Å²) in [6.45, 7) is 6.38. The number of H-pyrrole nitrogens is 1. The monoisotopic (exact) mass is 431 g/mol. The molecule has 1 fully saturated rings. The number of aromatic amines is 1. The van der Waals surface area contributed by atoms with Crippen molar-refractivity contribution in [3.63, 3.8) is 0 Å². The predicted molar refractivity (Wildman–Crippen MR) is 114 cm³/mol. The van der Waals surface area contributed by atoms with Crippen molar-refractivity contribution in [3.05, 3.63) is 38.2 Å². The van der Waals surface area contributed by atoms with Gasteiger partial charge in [0, 0.05) is 24.8 Å². The van der Waals surface area contributed by atoms with Gasteiger partial charge in [0.1, 0.15) is 0 Å². The summed E-state index contributed by atoms with van der Waals surface area (Å²) in [4.78, 5) is 44.1. The molecule has 2 aromatic heterocycles. The van der Waals surface area contributed by atoms with Gasteiger partial charge in [0.05, 0.1) is 10.9 Å². The van der Waals surface area contributed by atoms with E-state index in [9.17, 15) is 14.4 Å². The smallest absolute Gasteiger partial charge is 0.329 e. The van der Waals surface area contributed by atoms with E-state index in [-0.39, 0.29) is 59.3 Å². The van der Waals surface area contributed by atoms with Crippen LogP contribution in [0.5, 0.6) is 0 Å². The number of amides is 1. The van der Waals surface area contributed by atoms with Crippen molar-refractivity contribution >= 4 is 41.8 Å². The molecular formula is C18H27Cl2N5O3. The zero-order chi connectivity index (χ0) is 19.0. The van der Waals surface area contributed by atoms with Crippen molar-refractivity contribution in [1.29, 1.82) is 0 Å². The SMILES string of the molecule is CCn1c(=O)[nH]c(=O)c2c(C(=O)NCC(N)C3CC3)cc(C(C)C)nc21.Cl.Cl. The molecule has 0 bridgehead atoms. The Morgan fingerprint density at radius 2 is 2.00 bits per heavy atom. The Hall–Kier alpha value is -1.90. The zero-order valence-electron chi connectivity index (χ0n) is 16.2. The van der Waals surface area contributed by atoms with Crippen LogP contribution in [0.15, 0.2) is 15.7 Å². The van der Waals surface area contributed by atoms with E-state index in [1.54, 1.807) is 13.0 Å². The van der Waals surface area contributed by atoms with Crippen molar-refractivity contribution in [2.75, 3.05) is 6.54 Å². The summed E-state index contributed by atoms with van der Waals surface area (Å²) < 4.78 is 1.37. The molecular weight excluding hydrogens is 405 g/mol. The van der Waals surface area contributed by atoms with E-state index in [4.69, 9.17) is 5.73 Å². The normalized spacial score (nSPS) is 14.3. The maximum absolute atomic E-state index is 12.8. The molecule has 0 spiro atoms. The number of pyridine rings is 1. The fourth-order valence-corrected chi connectivity index (χ4v) is 3.06. The highest BCUT2D eigenvalue weighted by Gasteiger charge is 2.29. The first-order valence-electron chi connectivity index (χ1n) is 9.05. The van der Waals surface area contributed by atoms with E-state index in [0.29, 0.717) is 24.7 Å². The number of carbonyl (C=O) groups excluding carboxylic acids is 1. The standard InChI is InChI=1S/C18H25N5O3.2ClH/c1-4-23-15-14(17(25)22-18(23)26)11(7-13(21-15)9(2)3)16(24)20-8-12(19)10-5-6-10;;/h7,9-10,12H,4-6,8,19H2,1-3H3,(H,20,24)(H,22,25,26);2*1H. The molecule has 2 heterocycles. The predicted octanol–water partition coefficient (Wildman–Crippen LogP) is 1.54. The van der Waals surface area contributed by atoms with Gasteiger partial charge in [-0.3, -0.25) is 19.1 Å². The van der Waals surface area contributed by atoms with E-state index in [0.717, 1.165) is 12.8 Å². The third kappa shape index (κ3) is 4.74. The van der Waals surface area contributed by atoms with Crippen LogP contribution in [-0.2, 0) is 6.54 Å². The lowest BCUT2D eigenvalue weighted by Gasteiger charge is -2.15. The second kappa shape index (κ2) is 9.54. The van der Waals surface area contributed by atoms with Gasteiger partial charge in [-0.1, -0.05) is 13.8 Å². The number of hydrogen-bond donors (Lipinski definition) is 3. The second-order valence-electron chi connectivity index (χ2n) is 7.16. The van der Waals surface area contributed by atoms with Crippen molar-refractivity contribution in [3.8, 4) is 0 Å². The van der Waals surface area contributed by atoms with E-state index in [1.807, 2.05) is 13.8 Å². The quantitative estimate of drug-likeness (QED) is 0.639. The average molecular weight is 432 g/mol. The van der Waals surface area contributed by atoms with Gasteiger partial charge in [-0.25, -0.2) is 9.78 Å². The first-order valence-corrected chi connectivity index (χ1v) is 9.05. The first-order chi connectivity index (χ1) is 12.3. The summed E-state index contributed by atoms with van der Waals surface area (Å²) in [6, 6.07) is 1.55. The molecule has 10 heteroatoms. The molecule has 1 unspecified atom stereocenters. The second-order valence-corrected chi connectivity index (χ2v) is 7.16. The highest BCUT2D eigenvalue weighted by molar-refractivity contribution is 6.05. The number of hydrogen-bond acceptors (Lipinski definition) is 5. The van der Waals surface area contributed by atoms with Crippen LogP contribution in [0.2, 0.25) is 0 Å². The van der Waals surface area contributed by atoms with Crippen molar-refractivity contribution < 1.29 is 4.79 Å². The molecule has 8 nitrogen and oxygen atoms in total. The van der Waals surface area contributed by atoms with E-state index in [2.05, 4.69) is 15.3 Å². The highest BCUT2D eigenvalue weighted by atomic mass is 35.5. The molecule has 1 aliphatic carbocycles. The lowest BCUT2D eigenvalue weighted by molar-refractivity contribution is 0.0951. The number of carbonyl (C=O) groups is 1. The van der Waals surface area contributed by atoms with Crippen LogP contribution in [0.1, 0.15) is 55.6 Å². The van der Waals surface area contributed by atoms with Crippen LogP contribution < -0.4 is 22.3 Å². The number of aryl methyl sites for hydroxylation is 1. The van der Waals surface area contributed by atoms with Crippen molar-refractivity contribution in [1.82, 2.24) is 19.9 Å². The third-order valence-electron chi connectivity index (χ3n) is 4.85. The Bertz CT molecular complexity index is 966. The molecule has 0 aliphatic heterocycles. The summed E-state index contributed by atoms with van der Waals surface area (Å²) >= 11 is 0. The molecule has 1 atom stereocenters. The largest absolute Gasteiger partial charge is 0.350 e. The Kier molecular flexibility index (Phi) is 8.22. The Labute approximate surface area is 175 Å². The molecule has 2 aromatic rings. The van der Waals surface area contributed by atoms with Gasteiger partial charge >= 0.3 is 5.69 Å². The first kappa shape index (κ1) is 24.1. The van der Waals surface area contributed by atoms with E-state index < -0.39 is 11.2 Å². The maximum atomic E-state index is 12.8. The summed E-state index contributed by atoms with van der Waals surface area (Å²) in [5.74, 6) is 0.131. The van der Waals surface area contributed by atoms with Crippen LogP contribution in [0.4, 0.5) is 0 Å². The Morgan fingerprint density at radius 1 is 1.36 bits per heavy atom. The van der Waals surface area contributed by atoms with Crippen LogP contribution in [0, 0.1) is 5.92 Å². The van der Waals surface area contributed by atoms with Crippen molar-refractivity contribution in [2.45, 2.75) is 52.1 Å². The van der Waals surface area contributed by atoms with Gasteiger partial charge in [0.25, 0.3) is 11.5 Å². The molecule has 4 N–H and O–H groups in total. The van der Waals surface area contributed by atoms with Gasteiger partial charge in [-0.2, -0.15) is 0 Å². The Balaban J connectivity index is 0.00000196. The number of nitrogens with zero attached hydrogens (tertiary/aromatic N) is 2. The maximum Gasteiger partial charge on any atom is 0.329 e. The third-order valence-corrected chi connectivity index (χ3v) is 4.85. The molecule has 156 valence electrons. The minimum Gasteiger partial charge on any atom is -0.350 e. The minimum atomic E-state index is -0.603. The summed E-state index contributed by atoms with van der Waals surface area (Å²) in [6.07, 6.45) is 2.18. The van der Waals surface area contributed by atoms with Gasteiger partial charge in [-0.05, 0) is 37.7 Å². The van der Waals surface area contributed by atoms with E-state index >= 15 is 0 Å². The number of nitrogens with one attached hydrogen (secondary N) is 2. The lowest BCUT2D eigenvalue weighted by atomic mass is 10.0. The zero-order valence-corrected chi connectivity index (χ0v) is 17.8. The van der Waals surface area contributed by atoms with Gasteiger partial charge < -0.3 is 11.1 Å². The number of halogens is 2. The van der Waals surface area contributed by atoms with Crippen LogP contribution in [0.25, 0.3) is 11.0 Å². The molecule has 28 heavy (non-hydrogen) atoms. The summed E-state index contributed by atoms with van der Waals surface area (Å²) in [7, 11) is 0. The van der Waals surface area contributed by atoms with Crippen molar-refractivity contribution in [2.24, 2.45) is 11.7 Å². The fraction of sp³-hybridized carbons (Fsp3) is 0.556. The molecule has 0 radical (unpaired) electrons. The topological polar surface area (TPSA) is 123 Å². The number of rotatable bonds is 6. The molecule has 3 rings (SSSR count). The molecule has 0 saturated heterocycles. The lowest BCUT2D eigenvalue weighted by Crippen LogP contribution is -2.39. The molecule has 1 saturated carbocycles.